The monoisotopic (exact) mass is 453 g/mol. The molecule has 2 heterocycles. The second kappa shape index (κ2) is 9.34. The summed E-state index contributed by atoms with van der Waals surface area (Å²) in [5.74, 6) is -6.64. The maximum absolute atomic E-state index is 13.0. The summed E-state index contributed by atoms with van der Waals surface area (Å²) in [7, 11) is 0. The molecule has 0 aliphatic carbocycles. The molecule has 26 heavy (non-hydrogen) atoms. The van der Waals surface area contributed by atoms with E-state index in [0.29, 0.717) is 0 Å². The molecule has 2 rings (SSSR count). The van der Waals surface area contributed by atoms with Crippen molar-refractivity contribution in [2.75, 3.05) is 13.2 Å². The smallest absolute Gasteiger partial charge is 0.313 e. The van der Waals surface area contributed by atoms with Crippen LogP contribution in [-0.2, 0) is 11.8 Å². The summed E-state index contributed by atoms with van der Waals surface area (Å²) >= 11 is 21.9. The van der Waals surface area contributed by atoms with Gasteiger partial charge in [0.2, 0.25) is 0 Å². The molecule has 0 bridgehead atoms. The molecule has 0 aliphatic rings. The normalized spacial score (nSPS) is 11.8. The van der Waals surface area contributed by atoms with Crippen LogP contribution < -0.4 is 5.73 Å². The van der Waals surface area contributed by atoms with Crippen LogP contribution in [0.3, 0.4) is 0 Å². The Balaban J connectivity index is 0.000000260. The first kappa shape index (κ1) is 23.1. The zero-order valence-corrected chi connectivity index (χ0v) is 15.7. The van der Waals surface area contributed by atoms with Crippen molar-refractivity contribution < 1.29 is 22.7 Å². The molecular formula is C14H11Cl4F4N3O. The molecule has 144 valence electrons. The molecule has 0 aromatic carbocycles. The Bertz CT molecular complexity index is 701. The van der Waals surface area contributed by atoms with E-state index in [1.54, 1.807) is 0 Å². The Morgan fingerprint density at radius 2 is 1.23 bits per heavy atom. The number of aliphatic hydroxyl groups is 1. The van der Waals surface area contributed by atoms with E-state index in [0.717, 1.165) is 18.5 Å². The van der Waals surface area contributed by atoms with Gasteiger partial charge in [-0.2, -0.15) is 17.6 Å². The molecule has 0 unspecified atom stereocenters. The lowest BCUT2D eigenvalue weighted by atomic mass is 10.2. The van der Waals surface area contributed by atoms with Crippen molar-refractivity contribution in [2.45, 2.75) is 11.8 Å². The van der Waals surface area contributed by atoms with Gasteiger partial charge in [0.05, 0.1) is 26.6 Å². The van der Waals surface area contributed by atoms with Gasteiger partial charge in [-0.3, -0.25) is 9.97 Å². The van der Waals surface area contributed by atoms with Crippen molar-refractivity contribution in [1.82, 2.24) is 9.97 Å². The molecule has 2 aromatic rings. The minimum atomic E-state index is -3.43. The van der Waals surface area contributed by atoms with Crippen LogP contribution in [0.1, 0.15) is 11.4 Å². The lowest BCUT2D eigenvalue weighted by Gasteiger charge is -2.14. The van der Waals surface area contributed by atoms with Gasteiger partial charge in [0.15, 0.2) is 0 Å². The molecule has 3 N–H and O–H groups in total. The van der Waals surface area contributed by atoms with Crippen LogP contribution >= 0.6 is 46.4 Å². The van der Waals surface area contributed by atoms with Crippen LogP contribution in [0.15, 0.2) is 24.5 Å². The molecular weight excluding hydrogens is 444 g/mol. The number of nitrogens with two attached hydrogens (primary N) is 1. The Hall–Kier alpha value is -0.900. The molecule has 0 atom stereocenters. The van der Waals surface area contributed by atoms with Gasteiger partial charge in [0.1, 0.15) is 18.0 Å². The number of hydrogen-bond acceptors (Lipinski definition) is 4. The predicted molar refractivity (Wildman–Crippen MR) is 92.4 cm³/mol. The number of aromatic nitrogens is 2. The van der Waals surface area contributed by atoms with Crippen molar-refractivity contribution >= 4 is 46.4 Å². The molecule has 0 fully saturated rings. The third-order valence-electron chi connectivity index (χ3n) is 2.76. The maximum atomic E-state index is 13.0. The van der Waals surface area contributed by atoms with E-state index in [1.807, 2.05) is 0 Å². The van der Waals surface area contributed by atoms with E-state index < -0.39 is 36.4 Å². The second-order valence-electron chi connectivity index (χ2n) is 4.74. The Morgan fingerprint density at radius 3 is 1.54 bits per heavy atom. The molecule has 2 aromatic heterocycles. The average Bonchev–Trinajstić information content (AvgIpc) is 2.54. The zero-order valence-electron chi connectivity index (χ0n) is 12.7. The molecule has 0 saturated heterocycles. The third kappa shape index (κ3) is 6.07. The summed E-state index contributed by atoms with van der Waals surface area (Å²) in [6, 6.07) is 2.35. The molecule has 0 amide bonds. The number of halogens is 8. The first-order chi connectivity index (χ1) is 11.9. The van der Waals surface area contributed by atoms with Crippen molar-refractivity contribution in [1.29, 1.82) is 0 Å². The summed E-state index contributed by atoms with van der Waals surface area (Å²) < 4.78 is 51.6. The van der Waals surface area contributed by atoms with Gasteiger partial charge in [-0.15, -0.1) is 0 Å². The quantitative estimate of drug-likeness (QED) is 0.643. The number of aliphatic hydroxyl groups excluding tert-OH is 1. The third-order valence-corrected chi connectivity index (χ3v) is 3.75. The molecule has 12 heteroatoms. The van der Waals surface area contributed by atoms with Crippen molar-refractivity contribution in [2.24, 2.45) is 5.73 Å². The summed E-state index contributed by atoms with van der Waals surface area (Å²) in [6.07, 6.45) is 2.15. The van der Waals surface area contributed by atoms with Gasteiger partial charge >= 0.3 is 11.8 Å². The Kier molecular flexibility index (Phi) is 8.32. The number of alkyl halides is 4. The minimum absolute atomic E-state index is 0.169. The van der Waals surface area contributed by atoms with Crippen LogP contribution in [0.2, 0.25) is 20.1 Å². The van der Waals surface area contributed by atoms with Gasteiger partial charge in [-0.25, -0.2) is 0 Å². The Labute approximate surface area is 165 Å². The fourth-order valence-electron chi connectivity index (χ4n) is 1.54. The van der Waals surface area contributed by atoms with Crippen molar-refractivity contribution in [3.8, 4) is 0 Å². The number of rotatable bonds is 4. The van der Waals surface area contributed by atoms with Gasteiger partial charge in [-0.1, -0.05) is 46.4 Å². The highest BCUT2D eigenvalue weighted by atomic mass is 35.5. The Morgan fingerprint density at radius 1 is 0.846 bits per heavy atom. The predicted octanol–water partition coefficient (Wildman–Crippen LogP) is 4.91. The van der Waals surface area contributed by atoms with Gasteiger partial charge in [0, 0.05) is 12.4 Å². The highest BCUT2D eigenvalue weighted by molar-refractivity contribution is 6.35. The fourth-order valence-corrected chi connectivity index (χ4v) is 2.58. The first-order valence-corrected chi connectivity index (χ1v) is 8.15. The zero-order chi connectivity index (χ0) is 20.1. The molecule has 0 aliphatic heterocycles. The standard InChI is InChI=1S/C7H6Cl2F2N2.C7H5Cl2F2NO/c8-4-1-5(9)6(13-2-4)7(10,11)3-12;8-4-1-5(9)6(12-2-4)7(10,11)3-13/h1-2H,3,12H2;1-2,13H,3H2. The maximum Gasteiger partial charge on any atom is 0.313 e. The SMILES string of the molecule is NCC(F)(F)c1ncc(Cl)cc1Cl.OCC(F)(F)c1ncc(Cl)cc1Cl. The van der Waals surface area contributed by atoms with E-state index >= 15 is 0 Å². The van der Waals surface area contributed by atoms with Crippen LogP contribution in [0.4, 0.5) is 17.6 Å². The number of nitrogens with zero attached hydrogens (tertiary/aromatic N) is 2. The van der Waals surface area contributed by atoms with Gasteiger partial charge in [-0.05, 0) is 12.1 Å². The number of hydrogen-bond donors (Lipinski definition) is 2. The van der Waals surface area contributed by atoms with E-state index in [2.05, 4.69) is 9.97 Å². The summed E-state index contributed by atoms with van der Waals surface area (Å²) in [4.78, 5) is 6.77. The summed E-state index contributed by atoms with van der Waals surface area (Å²) in [5, 5.41) is 8.30. The lowest BCUT2D eigenvalue weighted by molar-refractivity contribution is -0.0591. The van der Waals surface area contributed by atoms with Crippen LogP contribution in [0, 0.1) is 0 Å². The summed E-state index contributed by atoms with van der Waals surface area (Å²) in [5.41, 5.74) is 3.66. The molecule has 0 spiro atoms. The topological polar surface area (TPSA) is 72.0 Å². The van der Waals surface area contributed by atoms with Gasteiger partial charge < -0.3 is 10.8 Å². The largest absolute Gasteiger partial charge is 0.390 e. The average molecular weight is 455 g/mol. The van der Waals surface area contributed by atoms with Crippen LogP contribution in [0.5, 0.6) is 0 Å². The second-order valence-corrected chi connectivity index (χ2v) is 6.43. The van der Waals surface area contributed by atoms with E-state index in [-0.39, 0.29) is 20.1 Å². The molecule has 0 radical (unpaired) electrons. The van der Waals surface area contributed by atoms with Crippen LogP contribution in [0.25, 0.3) is 0 Å². The van der Waals surface area contributed by atoms with E-state index in [1.165, 1.54) is 6.07 Å². The van der Waals surface area contributed by atoms with Crippen molar-refractivity contribution in [3.63, 3.8) is 0 Å². The molecule has 4 nitrogen and oxygen atoms in total. The van der Waals surface area contributed by atoms with E-state index in [4.69, 9.17) is 57.2 Å². The fraction of sp³-hybridized carbons (Fsp3) is 0.286. The summed E-state index contributed by atoms with van der Waals surface area (Å²) in [6.45, 7) is -2.16. The number of pyridine rings is 2. The van der Waals surface area contributed by atoms with Gasteiger partial charge in [0.25, 0.3) is 0 Å². The lowest BCUT2D eigenvalue weighted by Crippen LogP contribution is -2.26. The highest BCUT2D eigenvalue weighted by Crippen LogP contribution is 2.32. The minimum Gasteiger partial charge on any atom is -0.390 e. The first-order valence-electron chi connectivity index (χ1n) is 6.64. The van der Waals surface area contributed by atoms with Crippen molar-refractivity contribution in [3.05, 3.63) is 56.0 Å². The van der Waals surface area contributed by atoms with E-state index in [9.17, 15) is 17.6 Å². The molecule has 0 saturated carbocycles. The van der Waals surface area contributed by atoms with Crippen LogP contribution in [-0.4, -0.2) is 28.2 Å². The highest BCUT2D eigenvalue weighted by Gasteiger charge is 2.35.